The summed E-state index contributed by atoms with van der Waals surface area (Å²) in [5.74, 6) is 0. The number of rotatable bonds is 0. The van der Waals surface area contributed by atoms with Crippen molar-refractivity contribution in [2.75, 3.05) is 0 Å². The third-order valence-electron chi connectivity index (χ3n) is 0.188. The molecule has 1 aliphatic heterocycles. The molecule has 0 aromatic carbocycles. The summed E-state index contributed by atoms with van der Waals surface area (Å²) >= 11 is -1.20. The molecule has 30 valence electrons. The molecule has 0 amide bonds. The quantitative estimate of drug-likeness (QED) is 0.381. The van der Waals surface area contributed by atoms with Gasteiger partial charge in [0, 0.05) is 0 Å². The van der Waals surface area contributed by atoms with Crippen LogP contribution in [-0.2, 0) is 6.34 Å². The van der Waals surface area contributed by atoms with Crippen molar-refractivity contribution in [2.24, 2.45) is 0 Å². The molecule has 1 heterocycles. The molecule has 1 saturated heterocycles. The second kappa shape index (κ2) is 1.49. The summed E-state index contributed by atoms with van der Waals surface area (Å²) in [6.07, 6.45) is 0. The fourth-order valence-electron chi connectivity index (χ4n) is 0.0576. The van der Waals surface area contributed by atoms with E-state index in [0.717, 1.165) is 12.3 Å². The number of hydrogen-bond acceptors (Lipinski definition) is 4. The molecule has 0 bridgehead atoms. The molecule has 0 aromatic rings. The second-order valence-electron chi connectivity index (χ2n) is 0.455. The van der Waals surface area contributed by atoms with Crippen LogP contribution in [0.1, 0.15) is 0 Å². The van der Waals surface area contributed by atoms with Crippen LogP contribution >= 0.6 is 12.3 Å². The van der Waals surface area contributed by atoms with Crippen LogP contribution in [0.5, 0.6) is 0 Å². The Balaban J connectivity index is 2.08. The van der Waals surface area contributed by atoms with Crippen molar-refractivity contribution in [1.82, 2.24) is 0 Å². The van der Waals surface area contributed by atoms with Crippen molar-refractivity contribution in [3.8, 4) is 0 Å². The van der Waals surface area contributed by atoms with Crippen LogP contribution in [0.4, 0.5) is 0 Å². The van der Waals surface area contributed by atoms with Gasteiger partial charge in [0.25, 0.3) is 0 Å². The zero-order valence-electron chi connectivity index (χ0n) is 2.12. The molecule has 1 rings (SSSR count). The predicted octanol–water partition coefficient (Wildman–Crippen LogP) is -0.426. The van der Waals surface area contributed by atoms with Crippen molar-refractivity contribution < 1.29 is 10.4 Å². The van der Waals surface area contributed by atoms with E-state index in [1.165, 1.54) is 0 Å². The van der Waals surface area contributed by atoms with E-state index >= 15 is 0 Å². The van der Waals surface area contributed by atoms with Gasteiger partial charge in [-0.3, -0.25) is 0 Å². The van der Waals surface area contributed by atoms with E-state index in [-0.39, 0.29) is 0 Å². The molecule has 0 aliphatic carbocycles. The van der Waals surface area contributed by atoms with E-state index in [1.54, 1.807) is 0 Å². The molecule has 1 aliphatic rings. The monoisotopic (exact) mass is 156 g/mol. The van der Waals surface area contributed by atoms with E-state index in [2.05, 4.69) is 6.34 Å². The Kier molecular flexibility index (Phi) is 1.18. The van der Waals surface area contributed by atoms with E-state index in [1.807, 2.05) is 0 Å². The van der Waals surface area contributed by atoms with Gasteiger partial charge >= 0.3 is 38.4 Å². The zero-order valence-corrected chi connectivity index (χ0v) is 4.81. The van der Waals surface area contributed by atoms with Gasteiger partial charge in [-0.1, -0.05) is 0 Å². The molecule has 5 heavy (non-hydrogen) atoms. The fraction of sp³-hybridized carbons (Fsp3) is 0. The van der Waals surface area contributed by atoms with Gasteiger partial charge < -0.3 is 0 Å². The molecule has 0 spiro atoms. The van der Waals surface area contributed by atoms with Crippen molar-refractivity contribution in [3.05, 3.63) is 0 Å². The summed E-state index contributed by atoms with van der Waals surface area (Å²) < 4.78 is 16.8. The molecular weight excluding hydrogens is 155 g/mol. The molecule has 0 unspecified atom stereocenters. The first-order valence-corrected chi connectivity index (χ1v) is 3.94. The van der Waals surface area contributed by atoms with Crippen LogP contribution in [0.15, 0.2) is 0 Å². The molecule has 1 fully saturated rings. The van der Waals surface area contributed by atoms with Crippen LogP contribution < -0.4 is 0 Å². The van der Waals surface area contributed by atoms with Crippen molar-refractivity contribution in [1.29, 1.82) is 0 Å². The van der Waals surface area contributed by atoms with Gasteiger partial charge in [-0.05, 0) is 0 Å². The molecule has 3 nitrogen and oxygen atoms in total. The van der Waals surface area contributed by atoms with Crippen LogP contribution in [0, 0.1) is 0 Å². The molecular formula is HAsO3S. The first-order chi connectivity index (χ1) is 2.39. The molecule has 0 saturated carbocycles. The van der Waals surface area contributed by atoms with Gasteiger partial charge in [-0.15, -0.1) is 0 Å². The third-order valence-corrected chi connectivity index (χ3v) is 2.94. The van der Waals surface area contributed by atoms with Gasteiger partial charge in [-0.2, -0.15) is 0 Å². The van der Waals surface area contributed by atoms with Crippen LogP contribution in [-0.4, -0.2) is 19.8 Å². The first kappa shape index (κ1) is 3.96. The normalized spacial score (nSPS) is 25.8. The third kappa shape index (κ3) is 0.808. The van der Waals surface area contributed by atoms with Gasteiger partial charge in [0.05, 0.1) is 0 Å². The molecule has 0 atom stereocenters. The second-order valence-corrected chi connectivity index (χ2v) is 3.76. The standard InChI is InChI=1S/AsHO3S/c2-1-3-5-4-1/h2H. The van der Waals surface area contributed by atoms with E-state index in [4.69, 9.17) is 4.10 Å². The number of hydrogen-bond donors (Lipinski definition) is 1. The summed E-state index contributed by atoms with van der Waals surface area (Å²) in [5.41, 5.74) is 0. The summed E-state index contributed by atoms with van der Waals surface area (Å²) in [4.78, 5) is 0. The van der Waals surface area contributed by atoms with E-state index in [9.17, 15) is 0 Å². The predicted molar refractivity (Wildman–Crippen MR) is 17.7 cm³/mol. The summed E-state index contributed by atoms with van der Waals surface area (Å²) in [5, 5.41) is 0. The Morgan fingerprint density at radius 3 is 2.00 bits per heavy atom. The van der Waals surface area contributed by atoms with Gasteiger partial charge in [0.2, 0.25) is 0 Å². The van der Waals surface area contributed by atoms with Crippen LogP contribution in [0.3, 0.4) is 0 Å². The van der Waals surface area contributed by atoms with Gasteiger partial charge in [-0.25, -0.2) is 0 Å². The van der Waals surface area contributed by atoms with Crippen molar-refractivity contribution in [2.45, 2.75) is 0 Å². The van der Waals surface area contributed by atoms with Gasteiger partial charge in [0.15, 0.2) is 0 Å². The average molecular weight is 156 g/mol. The molecule has 0 radical (unpaired) electrons. The Labute approximate surface area is 39.0 Å². The fourth-order valence-corrected chi connectivity index (χ4v) is 0.899. The molecule has 5 heteroatoms. The molecule has 0 aromatic heterocycles. The summed E-state index contributed by atoms with van der Waals surface area (Å²) in [6, 6.07) is 0. The van der Waals surface area contributed by atoms with E-state index < -0.39 is 15.7 Å². The van der Waals surface area contributed by atoms with Crippen LogP contribution in [0.2, 0.25) is 0 Å². The minimum absolute atomic E-state index is 0.860. The Morgan fingerprint density at radius 1 is 1.60 bits per heavy atom. The summed E-state index contributed by atoms with van der Waals surface area (Å²) in [6.45, 7) is 0. The summed E-state index contributed by atoms with van der Waals surface area (Å²) in [7, 11) is 0. The zero-order chi connectivity index (χ0) is 3.70. The minimum atomic E-state index is -2.06. The first-order valence-electron chi connectivity index (χ1n) is 0.898. The molecule has 1 N–H and O–H groups in total. The maximum atomic E-state index is 8.13. The Morgan fingerprint density at radius 2 is 2.00 bits per heavy atom. The van der Waals surface area contributed by atoms with Gasteiger partial charge in [0.1, 0.15) is 0 Å². The Bertz CT molecular complexity index is 33.9. The van der Waals surface area contributed by atoms with Crippen molar-refractivity contribution in [3.63, 3.8) is 0 Å². The topological polar surface area (TPSA) is 38.7 Å². The van der Waals surface area contributed by atoms with E-state index in [0.29, 0.717) is 0 Å². The Hall–Kier alpha value is 0.788. The maximum absolute atomic E-state index is 8.13. The SMILES string of the molecule is O[As]1OSO1. The van der Waals surface area contributed by atoms with Crippen molar-refractivity contribution >= 4 is 28.0 Å². The van der Waals surface area contributed by atoms with Crippen LogP contribution in [0.25, 0.3) is 0 Å². The average Bonchev–Trinajstić information content (AvgIpc) is 1.30.